The molecule has 1 rings (SSSR count). The van der Waals surface area contributed by atoms with Crippen LogP contribution in [0.2, 0.25) is 0 Å². The average molecular weight is 259 g/mol. The molecular formula is C14H29NOS. The van der Waals surface area contributed by atoms with E-state index in [0.29, 0.717) is 12.0 Å². The summed E-state index contributed by atoms with van der Waals surface area (Å²) in [6.07, 6.45) is 5.93. The summed E-state index contributed by atoms with van der Waals surface area (Å²) in [6, 6.07) is 0.379. The zero-order valence-corrected chi connectivity index (χ0v) is 12.5. The summed E-state index contributed by atoms with van der Waals surface area (Å²) >= 11 is 1.99. The van der Waals surface area contributed by atoms with Crippen LogP contribution < -0.4 is 0 Å². The van der Waals surface area contributed by atoms with E-state index in [-0.39, 0.29) is 6.10 Å². The second-order valence-electron chi connectivity index (χ2n) is 5.34. The molecule has 17 heavy (non-hydrogen) atoms. The summed E-state index contributed by atoms with van der Waals surface area (Å²) in [5, 5.41) is 10.4. The average Bonchev–Trinajstić information content (AvgIpc) is 2.34. The maximum atomic E-state index is 10.4. The van der Waals surface area contributed by atoms with Crippen LogP contribution in [0, 0.1) is 5.92 Å². The molecule has 0 aromatic carbocycles. The summed E-state index contributed by atoms with van der Waals surface area (Å²) < 4.78 is 0. The summed E-state index contributed by atoms with van der Waals surface area (Å²) in [6.45, 7) is 5.62. The van der Waals surface area contributed by atoms with Crippen LogP contribution in [-0.2, 0) is 0 Å². The van der Waals surface area contributed by atoms with E-state index in [1.54, 1.807) is 0 Å². The summed E-state index contributed by atoms with van der Waals surface area (Å²) in [4.78, 5) is 2.34. The Kier molecular flexibility index (Phi) is 7.56. The van der Waals surface area contributed by atoms with Gasteiger partial charge in [-0.2, -0.15) is 11.8 Å². The molecule has 1 aliphatic rings. The van der Waals surface area contributed by atoms with Gasteiger partial charge in [0.05, 0.1) is 6.10 Å². The minimum atomic E-state index is -0.130. The molecule has 0 aromatic rings. The number of nitrogens with zero attached hydrogens (tertiary/aromatic N) is 1. The van der Waals surface area contributed by atoms with Crippen molar-refractivity contribution in [3.05, 3.63) is 0 Å². The van der Waals surface area contributed by atoms with Gasteiger partial charge in [0.1, 0.15) is 0 Å². The van der Waals surface area contributed by atoms with Crippen molar-refractivity contribution >= 4 is 11.8 Å². The van der Waals surface area contributed by atoms with Gasteiger partial charge >= 0.3 is 0 Å². The van der Waals surface area contributed by atoms with Gasteiger partial charge in [0.2, 0.25) is 0 Å². The van der Waals surface area contributed by atoms with E-state index >= 15 is 0 Å². The molecule has 0 bridgehead atoms. The molecule has 0 spiro atoms. The molecule has 0 radical (unpaired) electrons. The molecule has 1 heterocycles. The summed E-state index contributed by atoms with van der Waals surface area (Å²) in [5.74, 6) is 3.03. The number of aliphatic hydroxyl groups is 1. The Labute approximate surface area is 111 Å². The lowest BCUT2D eigenvalue weighted by atomic mass is 9.90. The van der Waals surface area contributed by atoms with Crippen LogP contribution in [0.1, 0.15) is 46.0 Å². The first-order valence-electron chi connectivity index (χ1n) is 7.15. The fourth-order valence-corrected chi connectivity index (χ4v) is 3.89. The number of hydrogen-bond acceptors (Lipinski definition) is 3. The summed E-state index contributed by atoms with van der Waals surface area (Å²) in [5.41, 5.74) is 0. The molecule has 3 unspecified atom stereocenters. The lowest BCUT2D eigenvalue weighted by molar-refractivity contribution is 0.0543. The Hall–Kier alpha value is 0.270. The maximum Gasteiger partial charge on any atom is 0.0705 e. The second-order valence-corrected chi connectivity index (χ2v) is 6.49. The molecule has 2 nitrogen and oxygen atoms in total. The maximum absolute atomic E-state index is 10.4. The molecule has 102 valence electrons. The van der Waals surface area contributed by atoms with Gasteiger partial charge in [-0.3, -0.25) is 4.90 Å². The Morgan fingerprint density at radius 3 is 2.76 bits per heavy atom. The predicted octanol–water partition coefficient (Wildman–Crippen LogP) is 3.00. The van der Waals surface area contributed by atoms with E-state index in [9.17, 15) is 5.11 Å². The van der Waals surface area contributed by atoms with Crippen LogP contribution in [-0.4, -0.2) is 47.3 Å². The molecule has 1 saturated heterocycles. The van der Waals surface area contributed by atoms with Gasteiger partial charge in [0.25, 0.3) is 0 Å². The Bertz CT molecular complexity index is 201. The quantitative estimate of drug-likeness (QED) is 0.760. The van der Waals surface area contributed by atoms with Gasteiger partial charge in [0, 0.05) is 24.1 Å². The van der Waals surface area contributed by atoms with Crippen molar-refractivity contribution < 1.29 is 5.11 Å². The van der Waals surface area contributed by atoms with Gasteiger partial charge in [0.15, 0.2) is 0 Å². The molecule has 0 aliphatic carbocycles. The standard InChI is InChI=1S/C14H29NOS/c1-4-6-7-12(5-2)10-14(16)13-11-17-9-8-15(13)3/h12-14,16H,4-11H2,1-3H3. The number of likely N-dealkylation sites (N-methyl/N-ethyl adjacent to an activating group) is 1. The Balaban J connectivity index is 2.36. The first-order valence-corrected chi connectivity index (χ1v) is 8.30. The van der Waals surface area contributed by atoms with Crippen molar-refractivity contribution in [2.45, 2.75) is 58.1 Å². The molecule has 0 aromatic heterocycles. The third kappa shape index (κ3) is 5.19. The van der Waals surface area contributed by atoms with E-state index < -0.39 is 0 Å². The zero-order valence-electron chi connectivity index (χ0n) is 11.7. The van der Waals surface area contributed by atoms with Gasteiger partial charge in [-0.1, -0.05) is 39.5 Å². The van der Waals surface area contributed by atoms with Crippen molar-refractivity contribution in [3.8, 4) is 0 Å². The minimum Gasteiger partial charge on any atom is -0.391 e. The van der Waals surface area contributed by atoms with Crippen LogP contribution >= 0.6 is 11.8 Å². The van der Waals surface area contributed by atoms with Crippen LogP contribution in [0.25, 0.3) is 0 Å². The van der Waals surface area contributed by atoms with Crippen molar-refractivity contribution in [2.24, 2.45) is 5.92 Å². The smallest absolute Gasteiger partial charge is 0.0705 e. The molecule has 3 atom stereocenters. The monoisotopic (exact) mass is 259 g/mol. The fraction of sp³-hybridized carbons (Fsp3) is 1.00. The summed E-state index contributed by atoms with van der Waals surface area (Å²) in [7, 11) is 2.15. The molecule has 3 heteroatoms. The van der Waals surface area contributed by atoms with Gasteiger partial charge in [-0.25, -0.2) is 0 Å². The molecular weight excluding hydrogens is 230 g/mol. The van der Waals surface area contributed by atoms with Crippen molar-refractivity contribution in [1.29, 1.82) is 0 Å². The number of aliphatic hydroxyl groups excluding tert-OH is 1. The predicted molar refractivity (Wildman–Crippen MR) is 77.7 cm³/mol. The number of thioether (sulfide) groups is 1. The zero-order chi connectivity index (χ0) is 12.7. The van der Waals surface area contributed by atoms with Crippen LogP contribution in [0.5, 0.6) is 0 Å². The van der Waals surface area contributed by atoms with E-state index in [4.69, 9.17) is 0 Å². The second kappa shape index (κ2) is 8.39. The largest absolute Gasteiger partial charge is 0.391 e. The Morgan fingerprint density at radius 2 is 2.18 bits per heavy atom. The highest BCUT2D eigenvalue weighted by atomic mass is 32.2. The minimum absolute atomic E-state index is 0.130. The highest BCUT2D eigenvalue weighted by molar-refractivity contribution is 7.99. The Morgan fingerprint density at radius 1 is 1.41 bits per heavy atom. The number of hydrogen-bond donors (Lipinski definition) is 1. The van der Waals surface area contributed by atoms with Crippen molar-refractivity contribution in [1.82, 2.24) is 4.90 Å². The van der Waals surface area contributed by atoms with E-state index in [1.807, 2.05) is 11.8 Å². The normalized spacial score (nSPS) is 25.8. The van der Waals surface area contributed by atoms with E-state index in [2.05, 4.69) is 25.8 Å². The lowest BCUT2D eigenvalue weighted by Crippen LogP contribution is -2.47. The van der Waals surface area contributed by atoms with Gasteiger partial charge in [-0.15, -0.1) is 0 Å². The highest BCUT2D eigenvalue weighted by Crippen LogP contribution is 2.24. The van der Waals surface area contributed by atoms with Crippen molar-refractivity contribution in [3.63, 3.8) is 0 Å². The van der Waals surface area contributed by atoms with E-state index in [1.165, 1.54) is 31.4 Å². The van der Waals surface area contributed by atoms with Crippen LogP contribution in [0.3, 0.4) is 0 Å². The fourth-order valence-electron chi connectivity index (χ4n) is 2.59. The third-order valence-corrected chi connectivity index (χ3v) is 5.05. The van der Waals surface area contributed by atoms with Crippen LogP contribution in [0.15, 0.2) is 0 Å². The lowest BCUT2D eigenvalue weighted by Gasteiger charge is -2.36. The molecule has 1 N–H and O–H groups in total. The number of rotatable bonds is 7. The highest BCUT2D eigenvalue weighted by Gasteiger charge is 2.27. The molecule has 1 fully saturated rings. The van der Waals surface area contributed by atoms with E-state index in [0.717, 1.165) is 18.7 Å². The first-order chi connectivity index (χ1) is 8.19. The molecule has 1 aliphatic heterocycles. The van der Waals surface area contributed by atoms with Gasteiger partial charge in [-0.05, 0) is 19.4 Å². The number of unbranched alkanes of at least 4 members (excludes halogenated alkanes) is 1. The van der Waals surface area contributed by atoms with Crippen molar-refractivity contribution in [2.75, 3.05) is 25.1 Å². The SMILES string of the molecule is CCCCC(CC)CC(O)C1CSCCN1C. The first kappa shape index (κ1) is 15.3. The van der Waals surface area contributed by atoms with Crippen LogP contribution in [0.4, 0.5) is 0 Å². The topological polar surface area (TPSA) is 23.5 Å². The third-order valence-electron chi connectivity index (χ3n) is 4.01. The molecule has 0 amide bonds. The van der Waals surface area contributed by atoms with Gasteiger partial charge < -0.3 is 5.11 Å². The molecule has 0 saturated carbocycles.